The van der Waals surface area contributed by atoms with Crippen molar-refractivity contribution in [3.05, 3.63) is 53.6 Å². The molecule has 0 N–H and O–H groups in total. The number of hydrogen-bond acceptors (Lipinski definition) is 4. The molecule has 2 aliphatic rings. The van der Waals surface area contributed by atoms with Gasteiger partial charge in [-0.2, -0.15) is 0 Å². The van der Waals surface area contributed by atoms with E-state index in [1.165, 1.54) is 5.69 Å². The summed E-state index contributed by atoms with van der Waals surface area (Å²) in [7, 11) is 0. The van der Waals surface area contributed by atoms with Crippen molar-refractivity contribution in [2.24, 2.45) is 0 Å². The van der Waals surface area contributed by atoms with Crippen LogP contribution in [0.3, 0.4) is 0 Å². The van der Waals surface area contributed by atoms with E-state index in [2.05, 4.69) is 17.0 Å². The number of benzene rings is 2. The van der Waals surface area contributed by atoms with Gasteiger partial charge >= 0.3 is 0 Å². The van der Waals surface area contributed by atoms with E-state index in [-0.39, 0.29) is 30.8 Å². The Morgan fingerprint density at radius 1 is 1.00 bits per heavy atom. The minimum atomic E-state index is -0.107. The molecule has 0 radical (unpaired) electrons. The molecule has 0 spiro atoms. The van der Waals surface area contributed by atoms with Crippen LogP contribution in [0, 0.1) is 0 Å². The number of fused-ring (bicyclic) bond motifs is 1. The van der Waals surface area contributed by atoms with E-state index in [9.17, 15) is 9.59 Å². The highest BCUT2D eigenvalue weighted by atomic mass is 35.5. The molecule has 0 bridgehead atoms. The van der Waals surface area contributed by atoms with E-state index in [1.54, 1.807) is 23.1 Å². The first-order valence-electron chi connectivity index (χ1n) is 10.4. The molecule has 1 fully saturated rings. The summed E-state index contributed by atoms with van der Waals surface area (Å²) in [6.45, 7) is 5.34. The number of rotatable bonds is 4. The van der Waals surface area contributed by atoms with Crippen molar-refractivity contribution in [1.82, 2.24) is 4.90 Å². The predicted octanol–water partition coefficient (Wildman–Crippen LogP) is 3.58. The summed E-state index contributed by atoms with van der Waals surface area (Å²) in [6, 6.07) is 15.5. The molecule has 7 heteroatoms. The number of hydrogen-bond donors (Lipinski definition) is 0. The van der Waals surface area contributed by atoms with E-state index in [0.717, 1.165) is 13.1 Å². The minimum absolute atomic E-state index is 0.0312. The van der Waals surface area contributed by atoms with Crippen LogP contribution in [0.15, 0.2) is 48.5 Å². The van der Waals surface area contributed by atoms with Crippen molar-refractivity contribution >= 4 is 34.8 Å². The Morgan fingerprint density at radius 3 is 2.43 bits per heavy atom. The van der Waals surface area contributed by atoms with Crippen LogP contribution in [-0.2, 0) is 9.59 Å². The number of nitrogens with zero attached hydrogens (tertiary/aromatic N) is 3. The first kappa shape index (κ1) is 20.5. The van der Waals surface area contributed by atoms with Crippen molar-refractivity contribution < 1.29 is 14.3 Å². The van der Waals surface area contributed by atoms with E-state index < -0.39 is 0 Å². The maximum atomic E-state index is 12.9. The van der Waals surface area contributed by atoms with E-state index in [1.807, 2.05) is 30.0 Å². The summed E-state index contributed by atoms with van der Waals surface area (Å²) in [5.41, 5.74) is 1.85. The van der Waals surface area contributed by atoms with Crippen molar-refractivity contribution in [3.63, 3.8) is 0 Å². The van der Waals surface area contributed by atoms with Crippen LogP contribution in [0.4, 0.5) is 11.4 Å². The quantitative estimate of drug-likeness (QED) is 0.748. The molecule has 2 aromatic rings. The molecule has 4 rings (SSSR count). The van der Waals surface area contributed by atoms with E-state index >= 15 is 0 Å². The molecule has 2 amide bonds. The number of para-hydroxylation sites is 1. The molecule has 0 saturated carbocycles. The smallest absolute Gasteiger partial charge is 0.227 e. The van der Waals surface area contributed by atoms with E-state index in [0.29, 0.717) is 36.1 Å². The van der Waals surface area contributed by atoms with Crippen LogP contribution < -0.4 is 14.5 Å². The molecule has 2 aromatic carbocycles. The summed E-state index contributed by atoms with van der Waals surface area (Å²) in [5.74, 6) is 0.600. The largest absolute Gasteiger partial charge is 0.487 e. The van der Waals surface area contributed by atoms with Crippen molar-refractivity contribution in [2.75, 3.05) is 42.5 Å². The van der Waals surface area contributed by atoms with Gasteiger partial charge in [-0.3, -0.25) is 9.59 Å². The molecule has 6 nitrogen and oxygen atoms in total. The molecule has 0 aromatic heterocycles. The monoisotopic (exact) mass is 427 g/mol. The highest BCUT2D eigenvalue weighted by molar-refractivity contribution is 6.31. The van der Waals surface area contributed by atoms with Crippen LogP contribution in [0.5, 0.6) is 5.75 Å². The Balaban J connectivity index is 1.31. The van der Waals surface area contributed by atoms with Gasteiger partial charge in [0.2, 0.25) is 11.8 Å². The normalized spacial score (nSPS) is 18.6. The average molecular weight is 428 g/mol. The molecule has 0 unspecified atom stereocenters. The Labute approximate surface area is 182 Å². The Hall–Kier alpha value is -2.73. The average Bonchev–Trinajstić information content (AvgIpc) is 2.77. The second kappa shape index (κ2) is 8.96. The molecule has 0 aliphatic carbocycles. The maximum absolute atomic E-state index is 12.9. The van der Waals surface area contributed by atoms with Crippen LogP contribution >= 0.6 is 11.6 Å². The molecule has 2 aliphatic heterocycles. The fourth-order valence-electron chi connectivity index (χ4n) is 4.01. The zero-order valence-electron chi connectivity index (χ0n) is 17.1. The standard InChI is InChI=1S/C23H26ClN3O3/c1-17-16-27(20-15-18(24)7-8-21(20)30-17)23(29)10-9-22(28)26-13-11-25(12-14-26)19-5-3-2-4-6-19/h2-8,15,17H,9-14,16H2,1H3/t17-/m1/s1. The number of amides is 2. The predicted molar refractivity (Wildman–Crippen MR) is 118 cm³/mol. The lowest BCUT2D eigenvalue weighted by molar-refractivity contribution is -0.133. The van der Waals surface area contributed by atoms with Gasteiger partial charge < -0.3 is 19.4 Å². The van der Waals surface area contributed by atoms with Gasteiger partial charge in [0.1, 0.15) is 11.9 Å². The second-order valence-electron chi connectivity index (χ2n) is 7.75. The van der Waals surface area contributed by atoms with Crippen molar-refractivity contribution in [1.29, 1.82) is 0 Å². The molecule has 30 heavy (non-hydrogen) atoms. The number of carbonyl (C=O) groups excluding carboxylic acids is 2. The number of anilines is 2. The SMILES string of the molecule is C[C@@H]1CN(C(=O)CCC(=O)N2CCN(c3ccccc3)CC2)c2cc(Cl)ccc2O1. The third-order valence-electron chi connectivity index (χ3n) is 5.59. The lowest BCUT2D eigenvalue weighted by atomic mass is 10.1. The lowest BCUT2D eigenvalue weighted by Crippen LogP contribution is -2.49. The number of ether oxygens (including phenoxy) is 1. The third kappa shape index (κ3) is 4.54. The topological polar surface area (TPSA) is 53.1 Å². The summed E-state index contributed by atoms with van der Waals surface area (Å²) in [4.78, 5) is 31.4. The van der Waals surface area contributed by atoms with Gasteiger partial charge in [-0.05, 0) is 37.3 Å². The van der Waals surface area contributed by atoms with Gasteiger partial charge in [0.15, 0.2) is 0 Å². The Kier molecular flexibility index (Phi) is 6.13. The van der Waals surface area contributed by atoms with Gasteiger partial charge in [0.05, 0.1) is 12.2 Å². The van der Waals surface area contributed by atoms with Gasteiger partial charge in [0.25, 0.3) is 0 Å². The zero-order valence-corrected chi connectivity index (χ0v) is 17.8. The van der Waals surface area contributed by atoms with Crippen LogP contribution in [0.1, 0.15) is 19.8 Å². The first-order valence-corrected chi connectivity index (χ1v) is 10.7. The fourth-order valence-corrected chi connectivity index (χ4v) is 4.17. The van der Waals surface area contributed by atoms with Gasteiger partial charge in [-0.1, -0.05) is 29.8 Å². The Morgan fingerprint density at radius 2 is 1.70 bits per heavy atom. The summed E-state index contributed by atoms with van der Waals surface area (Å²) in [5, 5.41) is 0.553. The molecular formula is C23H26ClN3O3. The summed E-state index contributed by atoms with van der Waals surface area (Å²) >= 11 is 6.11. The van der Waals surface area contributed by atoms with Gasteiger partial charge in [0, 0.05) is 49.7 Å². The second-order valence-corrected chi connectivity index (χ2v) is 8.18. The molecule has 2 heterocycles. The first-order chi connectivity index (χ1) is 14.5. The van der Waals surface area contributed by atoms with Gasteiger partial charge in [-0.15, -0.1) is 0 Å². The highest BCUT2D eigenvalue weighted by Crippen LogP contribution is 2.36. The number of carbonyl (C=O) groups is 2. The van der Waals surface area contributed by atoms with E-state index in [4.69, 9.17) is 16.3 Å². The lowest BCUT2D eigenvalue weighted by Gasteiger charge is -2.36. The fraction of sp³-hybridized carbons (Fsp3) is 0.391. The van der Waals surface area contributed by atoms with Gasteiger partial charge in [-0.25, -0.2) is 0 Å². The van der Waals surface area contributed by atoms with Crippen molar-refractivity contribution in [2.45, 2.75) is 25.9 Å². The van der Waals surface area contributed by atoms with Crippen LogP contribution in [0.2, 0.25) is 5.02 Å². The minimum Gasteiger partial charge on any atom is -0.487 e. The van der Waals surface area contributed by atoms with Crippen LogP contribution in [0.25, 0.3) is 0 Å². The molecule has 1 saturated heterocycles. The number of piperazine rings is 1. The third-order valence-corrected chi connectivity index (χ3v) is 5.82. The van der Waals surface area contributed by atoms with Crippen LogP contribution in [-0.4, -0.2) is 55.5 Å². The maximum Gasteiger partial charge on any atom is 0.227 e. The molecule has 1 atom stereocenters. The molecule has 158 valence electrons. The number of halogens is 1. The summed E-state index contributed by atoms with van der Waals surface area (Å²) in [6.07, 6.45) is 0.284. The van der Waals surface area contributed by atoms with Crippen molar-refractivity contribution in [3.8, 4) is 5.75 Å². The molecular weight excluding hydrogens is 402 g/mol. The summed E-state index contributed by atoms with van der Waals surface area (Å²) < 4.78 is 5.80. The Bertz CT molecular complexity index is 913. The zero-order chi connectivity index (χ0) is 21.1. The highest BCUT2D eigenvalue weighted by Gasteiger charge is 2.29.